The van der Waals surface area contributed by atoms with E-state index in [0.29, 0.717) is 18.1 Å². The molecular formula is C18H36N3P. The maximum absolute atomic E-state index is 6.16. The second-order valence-electron chi connectivity index (χ2n) is 8.15. The quantitative estimate of drug-likeness (QED) is 0.697. The van der Waals surface area contributed by atoms with Crippen molar-refractivity contribution in [2.75, 3.05) is 0 Å². The average Bonchev–Trinajstić information content (AvgIpc) is 2.53. The minimum atomic E-state index is 0.161. The minimum absolute atomic E-state index is 0.161. The van der Waals surface area contributed by atoms with Gasteiger partial charge in [0.05, 0.1) is 0 Å². The zero-order valence-electron chi connectivity index (χ0n) is 14.1. The molecule has 3 aliphatic carbocycles. The topological polar surface area (TPSA) is 78.1 Å². The highest BCUT2D eigenvalue weighted by atomic mass is 31.1. The first-order chi connectivity index (χ1) is 10.6. The molecular weight excluding hydrogens is 289 g/mol. The molecule has 0 amide bonds. The molecule has 0 aliphatic heterocycles. The predicted molar refractivity (Wildman–Crippen MR) is 97.6 cm³/mol. The summed E-state index contributed by atoms with van der Waals surface area (Å²) < 4.78 is 0. The van der Waals surface area contributed by atoms with Crippen LogP contribution in [0.4, 0.5) is 0 Å². The number of rotatable bonds is 3. The third-order valence-corrected chi connectivity index (χ3v) is 10.6. The zero-order chi connectivity index (χ0) is 15.5. The fourth-order valence-corrected chi connectivity index (χ4v) is 9.57. The second-order valence-corrected chi connectivity index (χ2v) is 11.2. The highest BCUT2D eigenvalue weighted by Crippen LogP contribution is 2.61. The van der Waals surface area contributed by atoms with Gasteiger partial charge >= 0.3 is 0 Å². The summed E-state index contributed by atoms with van der Waals surface area (Å²) >= 11 is 0. The smallest absolute Gasteiger partial charge is 0.00392 e. The largest absolute Gasteiger partial charge is 0.328 e. The molecule has 0 aromatic carbocycles. The predicted octanol–water partition coefficient (Wildman–Crippen LogP) is 3.28. The van der Waals surface area contributed by atoms with Gasteiger partial charge in [-0.2, -0.15) is 0 Å². The van der Waals surface area contributed by atoms with Gasteiger partial charge in [-0.05, 0) is 94.0 Å². The first-order valence-electron chi connectivity index (χ1n) is 9.67. The van der Waals surface area contributed by atoms with Crippen molar-refractivity contribution in [3.05, 3.63) is 0 Å². The molecule has 0 bridgehead atoms. The lowest BCUT2D eigenvalue weighted by Gasteiger charge is -2.46. The molecule has 3 aliphatic rings. The van der Waals surface area contributed by atoms with Crippen LogP contribution < -0.4 is 17.2 Å². The van der Waals surface area contributed by atoms with Crippen LogP contribution >= 0.6 is 7.92 Å². The van der Waals surface area contributed by atoms with Crippen molar-refractivity contribution in [3.63, 3.8) is 0 Å². The summed E-state index contributed by atoms with van der Waals surface area (Å²) in [6.07, 6.45) is 16.0. The second kappa shape index (κ2) is 7.92. The summed E-state index contributed by atoms with van der Waals surface area (Å²) in [7, 11) is 0.161. The standard InChI is InChI=1S/C18H36N3P/c19-13-1-7-16(8-2-13)22(17-9-3-14(20)4-10-17)18-11-5-15(21)6-12-18/h13-18H,1-12,19-21H2. The van der Waals surface area contributed by atoms with Gasteiger partial charge in [0, 0.05) is 18.1 Å². The van der Waals surface area contributed by atoms with Crippen LogP contribution in [0.5, 0.6) is 0 Å². The molecule has 128 valence electrons. The van der Waals surface area contributed by atoms with Crippen LogP contribution in [0.1, 0.15) is 77.0 Å². The highest BCUT2D eigenvalue weighted by Gasteiger charge is 2.38. The molecule has 3 nitrogen and oxygen atoms in total. The SMILES string of the molecule is NC1CCC(P(C2CCC(N)CC2)C2CCC(N)CC2)CC1. The Morgan fingerprint density at radius 1 is 0.409 bits per heavy atom. The Morgan fingerprint density at radius 2 is 0.636 bits per heavy atom. The van der Waals surface area contributed by atoms with Gasteiger partial charge in [0.2, 0.25) is 0 Å². The Morgan fingerprint density at radius 3 is 0.864 bits per heavy atom. The Labute approximate surface area is 137 Å². The molecule has 0 aromatic heterocycles. The molecule has 0 heterocycles. The first-order valence-corrected chi connectivity index (χ1v) is 11.2. The molecule has 3 fully saturated rings. The van der Waals surface area contributed by atoms with Crippen molar-refractivity contribution in [1.82, 2.24) is 0 Å². The van der Waals surface area contributed by atoms with Crippen molar-refractivity contribution in [2.24, 2.45) is 17.2 Å². The average molecular weight is 325 g/mol. The molecule has 0 aromatic rings. The van der Waals surface area contributed by atoms with E-state index in [-0.39, 0.29) is 7.92 Å². The number of nitrogens with two attached hydrogens (primary N) is 3. The van der Waals surface area contributed by atoms with E-state index in [4.69, 9.17) is 17.2 Å². The molecule has 0 saturated heterocycles. The van der Waals surface area contributed by atoms with E-state index in [1.807, 2.05) is 0 Å². The summed E-state index contributed by atoms with van der Waals surface area (Å²) in [6, 6.07) is 1.44. The van der Waals surface area contributed by atoms with Gasteiger partial charge in [-0.3, -0.25) is 0 Å². The lowest BCUT2D eigenvalue weighted by atomic mass is 9.94. The Kier molecular flexibility index (Phi) is 6.17. The van der Waals surface area contributed by atoms with Crippen LogP contribution in [0.25, 0.3) is 0 Å². The van der Waals surface area contributed by atoms with Crippen molar-refractivity contribution < 1.29 is 0 Å². The van der Waals surface area contributed by atoms with Gasteiger partial charge in [0.1, 0.15) is 0 Å². The zero-order valence-corrected chi connectivity index (χ0v) is 15.0. The summed E-state index contributed by atoms with van der Waals surface area (Å²) in [5, 5.41) is 0. The summed E-state index contributed by atoms with van der Waals surface area (Å²) in [4.78, 5) is 0. The molecule has 0 unspecified atom stereocenters. The van der Waals surface area contributed by atoms with E-state index in [0.717, 1.165) is 17.0 Å². The van der Waals surface area contributed by atoms with Gasteiger partial charge in [-0.15, -0.1) is 0 Å². The molecule has 0 spiro atoms. The number of hydrogen-bond acceptors (Lipinski definition) is 3. The van der Waals surface area contributed by atoms with E-state index in [9.17, 15) is 0 Å². The van der Waals surface area contributed by atoms with E-state index < -0.39 is 0 Å². The third-order valence-electron chi connectivity index (χ3n) is 6.49. The van der Waals surface area contributed by atoms with E-state index in [2.05, 4.69) is 0 Å². The maximum atomic E-state index is 6.16. The van der Waals surface area contributed by atoms with Crippen LogP contribution in [0.3, 0.4) is 0 Å². The Balaban J connectivity index is 1.67. The Hall–Kier alpha value is 0.310. The normalized spacial score (nSPS) is 45.4. The van der Waals surface area contributed by atoms with Crippen molar-refractivity contribution >= 4 is 7.92 Å². The Bertz CT molecular complexity index is 275. The number of hydrogen-bond donors (Lipinski definition) is 3. The van der Waals surface area contributed by atoms with Crippen LogP contribution in [0, 0.1) is 0 Å². The molecule has 22 heavy (non-hydrogen) atoms. The minimum Gasteiger partial charge on any atom is -0.328 e. The van der Waals surface area contributed by atoms with Crippen LogP contribution in [-0.4, -0.2) is 35.1 Å². The third kappa shape index (κ3) is 4.23. The lowest BCUT2D eigenvalue weighted by Crippen LogP contribution is -2.37. The van der Waals surface area contributed by atoms with Crippen LogP contribution in [0.15, 0.2) is 0 Å². The van der Waals surface area contributed by atoms with Crippen molar-refractivity contribution in [2.45, 2.75) is 112 Å². The van der Waals surface area contributed by atoms with Gasteiger partial charge in [-0.25, -0.2) is 0 Å². The van der Waals surface area contributed by atoms with E-state index in [1.54, 1.807) is 0 Å². The monoisotopic (exact) mass is 325 g/mol. The first kappa shape index (κ1) is 17.1. The fraction of sp³-hybridized carbons (Fsp3) is 1.00. The van der Waals surface area contributed by atoms with Gasteiger partial charge in [0.15, 0.2) is 0 Å². The lowest BCUT2D eigenvalue weighted by molar-refractivity contribution is 0.408. The highest BCUT2D eigenvalue weighted by molar-refractivity contribution is 7.60. The summed E-state index contributed by atoms with van der Waals surface area (Å²) in [5.74, 6) is 0. The molecule has 0 radical (unpaired) electrons. The molecule has 0 atom stereocenters. The van der Waals surface area contributed by atoms with Crippen LogP contribution in [0.2, 0.25) is 0 Å². The van der Waals surface area contributed by atoms with Gasteiger partial charge in [-0.1, -0.05) is 7.92 Å². The van der Waals surface area contributed by atoms with Gasteiger partial charge < -0.3 is 17.2 Å². The molecule has 3 saturated carbocycles. The van der Waals surface area contributed by atoms with E-state index >= 15 is 0 Å². The molecule has 6 N–H and O–H groups in total. The van der Waals surface area contributed by atoms with Crippen molar-refractivity contribution in [1.29, 1.82) is 0 Å². The van der Waals surface area contributed by atoms with Crippen molar-refractivity contribution in [3.8, 4) is 0 Å². The summed E-state index contributed by atoms with van der Waals surface area (Å²) in [5.41, 5.74) is 21.5. The fourth-order valence-electron chi connectivity index (χ4n) is 5.09. The summed E-state index contributed by atoms with van der Waals surface area (Å²) in [6.45, 7) is 0. The molecule has 4 heteroatoms. The van der Waals surface area contributed by atoms with Gasteiger partial charge in [0.25, 0.3) is 0 Å². The van der Waals surface area contributed by atoms with Crippen LogP contribution in [-0.2, 0) is 0 Å². The van der Waals surface area contributed by atoms with E-state index in [1.165, 1.54) is 77.0 Å². The maximum Gasteiger partial charge on any atom is 0.00392 e. The molecule has 3 rings (SSSR count).